The second-order valence-electron chi connectivity index (χ2n) is 9.68. The average Bonchev–Trinajstić information content (AvgIpc) is 3.58. The van der Waals surface area contributed by atoms with Gasteiger partial charge in [-0.25, -0.2) is 17.5 Å². The summed E-state index contributed by atoms with van der Waals surface area (Å²) < 4.78 is 47.7. The van der Waals surface area contributed by atoms with E-state index in [9.17, 15) is 18.3 Å². The van der Waals surface area contributed by atoms with Crippen molar-refractivity contribution in [1.29, 1.82) is 0 Å². The third kappa shape index (κ3) is 4.17. The highest BCUT2D eigenvalue weighted by molar-refractivity contribution is 7.88. The van der Waals surface area contributed by atoms with Gasteiger partial charge in [-0.2, -0.15) is 0 Å². The fourth-order valence-corrected chi connectivity index (χ4v) is 5.65. The van der Waals surface area contributed by atoms with Gasteiger partial charge in [0, 0.05) is 24.4 Å². The van der Waals surface area contributed by atoms with Crippen molar-refractivity contribution in [3.8, 4) is 11.8 Å². The summed E-state index contributed by atoms with van der Waals surface area (Å²) >= 11 is 0. The molecule has 1 aromatic rings. The highest BCUT2D eigenvalue weighted by atomic mass is 32.2. The highest BCUT2D eigenvalue weighted by Gasteiger charge is 2.61. The SMILES string of the molecule is CS(=O)(=O)NC1C(Cc2cccc(C#CC3(O)CC3)c2F)N(C(=O)[C@H]2CCO2)CC12CC2. The van der Waals surface area contributed by atoms with E-state index in [1.807, 2.05) is 0 Å². The van der Waals surface area contributed by atoms with E-state index in [2.05, 4.69) is 16.6 Å². The largest absolute Gasteiger partial charge is 0.378 e. The van der Waals surface area contributed by atoms with Gasteiger partial charge in [0.05, 0.1) is 24.5 Å². The Hall–Kier alpha value is -1.99. The van der Waals surface area contributed by atoms with Gasteiger partial charge < -0.3 is 14.7 Å². The summed E-state index contributed by atoms with van der Waals surface area (Å²) in [6.45, 7) is 0.977. The van der Waals surface area contributed by atoms with Crippen LogP contribution in [0.15, 0.2) is 18.2 Å². The molecule has 3 atom stereocenters. The predicted molar refractivity (Wildman–Crippen MR) is 114 cm³/mol. The second kappa shape index (κ2) is 7.52. The van der Waals surface area contributed by atoms with Crippen LogP contribution in [0.5, 0.6) is 0 Å². The molecule has 0 aromatic heterocycles. The lowest BCUT2D eigenvalue weighted by Gasteiger charge is -2.34. The molecule has 5 rings (SSSR count). The minimum Gasteiger partial charge on any atom is -0.378 e. The number of ether oxygens (including phenoxy) is 1. The topological polar surface area (TPSA) is 95.9 Å². The summed E-state index contributed by atoms with van der Waals surface area (Å²) in [5, 5.41) is 9.95. The number of benzene rings is 1. The molecule has 9 heteroatoms. The highest BCUT2D eigenvalue weighted by Crippen LogP contribution is 2.55. The molecule has 2 unspecified atom stereocenters. The number of rotatable bonds is 5. The van der Waals surface area contributed by atoms with Crippen molar-refractivity contribution in [1.82, 2.24) is 9.62 Å². The molecular formula is C23H27FN2O5S. The van der Waals surface area contributed by atoms with E-state index in [-0.39, 0.29) is 23.3 Å². The molecule has 32 heavy (non-hydrogen) atoms. The van der Waals surface area contributed by atoms with Crippen LogP contribution in [0.3, 0.4) is 0 Å². The molecule has 2 aliphatic carbocycles. The standard InChI is InChI=1S/C23H27FN2O5S/c1-32(29,30)25-20-17(26(14-22(20)8-9-22)21(27)18-6-12-31-18)13-16-4-2-3-15(19(16)24)5-7-23(28)10-11-23/h2-4,17-18,20,25,28H,6,8-14H2,1H3/t17?,18-,20?/m1/s1. The quantitative estimate of drug-likeness (QED) is 0.635. The van der Waals surface area contributed by atoms with Gasteiger partial charge >= 0.3 is 0 Å². The Kier molecular flexibility index (Phi) is 5.13. The molecule has 4 fully saturated rings. The Morgan fingerprint density at radius 1 is 1.34 bits per heavy atom. The van der Waals surface area contributed by atoms with E-state index >= 15 is 4.39 Å². The molecule has 4 aliphatic rings. The Bertz CT molecular complexity index is 1110. The molecule has 2 saturated heterocycles. The summed E-state index contributed by atoms with van der Waals surface area (Å²) in [6, 6.07) is 3.90. The van der Waals surface area contributed by atoms with Crippen LogP contribution in [0.2, 0.25) is 0 Å². The van der Waals surface area contributed by atoms with Crippen molar-refractivity contribution in [2.75, 3.05) is 19.4 Å². The summed E-state index contributed by atoms with van der Waals surface area (Å²) in [6.07, 6.45) is 4.22. The summed E-state index contributed by atoms with van der Waals surface area (Å²) in [5.41, 5.74) is -0.760. The lowest BCUT2D eigenvalue weighted by Crippen LogP contribution is -2.53. The number of aliphatic hydroxyl groups is 1. The van der Waals surface area contributed by atoms with E-state index in [1.165, 1.54) is 0 Å². The van der Waals surface area contributed by atoms with Crippen molar-refractivity contribution in [2.45, 2.75) is 62.3 Å². The predicted octanol–water partition coefficient (Wildman–Crippen LogP) is 0.942. The maximum atomic E-state index is 15.3. The number of hydrogen-bond donors (Lipinski definition) is 2. The van der Waals surface area contributed by atoms with Gasteiger partial charge in [-0.15, -0.1) is 0 Å². The molecular weight excluding hydrogens is 435 g/mol. The Morgan fingerprint density at radius 3 is 2.62 bits per heavy atom. The minimum atomic E-state index is -3.52. The first kappa shape index (κ1) is 21.8. The van der Waals surface area contributed by atoms with E-state index in [0.29, 0.717) is 38.0 Å². The molecule has 2 N–H and O–H groups in total. The van der Waals surface area contributed by atoms with Gasteiger partial charge in [-0.05, 0) is 43.7 Å². The zero-order chi connectivity index (χ0) is 22.7. The molecule has 0 bridgehead atoms. The van der Waals surface area contributed by atoms with Gasteiger partial charge in [-0.1, -0.05) is 24.0 Å². The Balaban J connectivity index is 1.46. The third-order valence-corrected chi connectivity index (χ3v) is 7.76. The molecule has 172 valence electrons. The smallest absolute Gasteiger partial charge is 0.252 e. The van der Waals surface area contributed by atoms with Gasteiger partial charge in [0.1, 0.15) is 17.5 Å². The average molecular weight is 463 g/mol. The van der Waals surface area contributed by atoms with Crippen LogP contribution in [0.1, 0.15) is 43.2 Å². The fraction of sp³-hybridized carbons (Fsp3) is 0.609. The van der Waals surface area contributed by atoms with Crippen LogP contribution in [0.4, 0.5) is 4.39 Å². The lowest BCUT2D eigenvalue weighted by molar-refractivity contribution is -0.157. The maximum Gasteiger partial charge on any atom is 0.252 e. The van der Waals surface area contributed by atoms with Crippen LogP contribution in [0, 0.1) is 23.1 Å². The normalized spacial score (nSPS) is 29.2. The van der Waals surface area contributed by atoms with E-state index in [4.69, 9.17) is 4.74 Å². The van der Waals surface area contributed by atoms with Crippen LogP contribution in [0.25, 0.3) is 0 Å². The summed E-state index contributed by atoms with van der Waals surface area (Å²) in [5.74, 6) is 4.82. The molecule has 1 amide bonds. The van der Waals surface area contributed by atoms with Crippen molar-refractivity contribution < 1.29 is 27.4 Å². The van der Waals surface area contributed by atoms with Crippen LogP contribution >= 0.6 is 0 Å². The van der Waals surface area contributed by atoms with Crippen molar-refractivity contribution in [3.05, 3.63) is 35.1 Å². The summed E-state index contributed by atoms with van der Waals surface area (Å²) in [4.78, 5) is 14.8. The number of sulfonamides is 1. The number of nitrogens with one attached hydrogen (secondary N) is 1. The zero-order valence-corrected chi connectivity index (χ0v) is 18.8. The molecule has 1 aromatic carbocycles. The number of likely N-dealkylation sites (tertiary alicyclic amines) is 1. The fourth-order valence-electron chi connectivity index (χ4n) is 4.78. The zero-order valence-electron chi connectivity index (χ0n) is 17.9. The van der Waals surface area contributed by atoms with Crippen molar-refractivity contribution in [3.63, 3.8) is 0 Å². The number of amides is 1. The Labute approximate surface area is 187 Å². The molecule has 2 heterocycles. The first-order valence-electron chi connectivity index (χ1n) is 11.0. The molecule has 0 radical (unpaired) electrons. The van der Waals surface area contributed by atoms with E-state index in [0.717, 1.165) is 19.1 Å². The van der Waals surface area contributed by atoms with Gasteiger partial charge in [0.2, 0.25) is 10.0 Å². The number of carbonyl (C=O) groups excluding carboxylic acids is 1. The first-order chi connectivity index (χ1) is 15.1. The monoisotopic (exact) mass is 462 g/mol. The van der Waals surface area contributed by atoms with Crippen LogP contribution in [-0.4, -0.2) is 67.5 Å². The number of hydrogen-bond acceptors (Lipinski definition) is 5. The molecule has 1 spiro atoms. The van der Waals surface area contributed by atoms with E-state index in [1.54, 1.807) is 23.1 Å². The molecule has 2 saturated carbocycles. The van der Waals surface area contributed by atoms with Gasteiger partial charge in [-0.3, -0.25) is 4.79 Å². The van der Waals surface area contributed by atoms with Gasteiger partial charge in [0.15, 0.2) is 0 Å². The number of carbonyl (C=O) groups is 1. The van der Waals surface area contributed by atoms with Crippen molar-refractivity contribution >= 4 is 15.9 Å². The third-order valence-electron chi connectivity index (χ3n) is 7.08. The molecule has 2 aliphatic heterocycles. The maximum absolute atomic E-state index is 15.3. The number of halogens is 1. The van der Waals surface area contributed by atoms with E-state index < -0.39 is 39.6 Å². The molecule has 7 nitrogen and oxygen atoms in total. The lowest BCUT2D eigenvalue weighted by atomic mass is 9.92. The Morgan fingerprint density at radius 2 is 2.06 bits per heavy atom. The summed E-state index contributed by atoms with van der Waals surface area (Å²) in [7, 11) is -3.52. The van der Waals surface area contributed by atoms with Crippen LogP contribution in [-0.2, 0) is 26.0 Å². The van der Waals surface area contributed by atoms with Gasteiger partial charge in [0.25, 0.3) is 5.91 Å². The first-order valence-corrected chi connectivity index (χ1v) is 12.9. The van der Waals surface area contributed by atoms with Crippen molar-refractivity contribution in [2.24, 2.45) is 5.41 Å². The van der Waals surface area contributed by atoms with Crippen LogP contribution < -0.4 is 4.72 Å². The second-order valence-corrected chi connectivity index (χ2v) is 11.5. The minimum absolute atomic E-state index is 0.155. The number of nitrogens with zero attached hydrogens (tertiary/aromatic N) is 1.